The summed E-state index contributed by atoms with van der Waals surface area (Å²) in [5, 5.41) is 11.8. The van der Waals surface area contributed by atoms with Gasteiger partial charge in [0, 0.05) is 20.8 Å². The highest BCUT2D eigenvalue weighted by Gasteiger charge is 2.15. The Bertz CT molecular complexity index is 551. The molecule has 1 atom stereocenters. The van der Waals surface area contributed by atoms with Crippen LogP contribution in [0.2, 0.25) is 5.02 Å². The highest BCUT2D eigenvalue weighted by atomic mass is 79.9. The van der Waals surface area contributed by atoms with Crippen LogP contribution in [0.15, 0.2) is 22.7 Å². The van der Waals surface area contributed by atoms with Crippen molar-refractivity contribution in [3.05, 3.63) is 48.8 Å². The smallest absolute Gasteiger partial charge is 0.0960 e. The number of aliphatic hydroxyl groups excluding tert-OH is 1. The Hall–Kier alpha value is -0.420. The Morgan fingerprint density at radius 1 is 1.44 bits per heavy atom. The molecule has 18 heavy (non-hydrogen) atoms. The van der Waals surface area contributed by atoms with Gasteiger partial charge in [-0.3, -0.25) is 0 Å². The third-order valence-electron chi connectivity index (χ3n) is 2.76. The number of hydrogen-bond donors (Lipinski definition) is 1. The molecule has 0 spiro atoms. The lowest BCUT2D eigenvalue weighted by molar-refractivity contribution is 0.177. The molecule has 0 amide bonds. The number of nitrogens with zero attached hydrogens (tertiary/aromatic N) is 1. The van der Waals surface area contributed by atoms with E-state index in [1.807, 2.05) is 19.9 Å². The van der Waals surface area contributed by atoms with E-state index in [0.717, 1.165) is 20.7 Å². The first-order valence-corrected chi connectivity index (χ1v) is 7.52. The molecule has 1 heterocycles. The van der Waals surface area contributed by atoms with Crippen LogP contribution in [0, 0.1) is 13.8 Å². The molecule has 1 aromatic heterocycles. The fourth-order valence-corrected chi connectivity index (χ4v) is 3.59. The van der Waals surface area contributed by atoms with Gasteiger partial charge in [-0.1, -0.05) is 33.6 Å². The predicted molar refractivity (Wildman–Crippen MR) is 79.4 cm³/mol. The molecular formula is C13H13BrClNOS. The average molecular weight is 347 g/mol. The van der Waals surface area contributed by atoms with Crippen molar-refractivity contribution in [2.75, 3.05) is 0 Å². The maximum atomic E-state index is 10.2. The van der Waals surface area contributed by atoms with E-state index in [1.54, 1.807) is 23.5 Å². The maximum Gasteiger partial charge on any atom is 0.0960 e. The van der Waals surface area contributed by atoms with Crippen LogP contribution >= 0.6 is 38.9 Å². The van der Waals surface area contributed by atoms with Crippen LogP contribution in [0.1, 0.15) is 27.2 Å². The molecule has 0 saturated carbocycles. The summed E-state index contributed by atoms with van der Waals surface area (Å²) in [7, 11) is 0. The van der Waals surface area contributed by atoms with Gasteiger partial charge in [-0.2, -0.15) is 0 Å². The highest BCUT2D eigenvalue weighted by molar-refractivity contribution is 9.10. The number of aliphatic hydroxyl groups is 1. The molecule has 0 aliphatic carbocycles. The second-order valence-corrected chi connectivity index (χ2v) is 6.71. The van der Waals surface area contributed by atoms with Crippen LogP contribution in [0.4, 0.5) is 0 Å². The summed E-state index contributed by atoms with van der Waals surface area (Å²) in [6.45, 7) is 4.03. The van der Waals surface area contributed by atoms with E-state index >= 15 is 0 Å². The first kappa shape index (κ1) is 14.0. The van der Waals surface area contributed by atoms with Crippen LogP contribution in [0.3, 0.4) is 0 Å². The lowest BCUT2D eigenvalue weighted by Crippen LogP contribution is -2.02. The number of rotatable bonds is 3. The van der Waals surface area contributed by atoms with Crippen LogP contribution in [-0.4, -0.2) is 10.1 Å². The Labute approximate surface area is 124 Å². The largest absolute Gasteiger partial charge is 0.388 e. The Balaban J connectivity index is 2.19. The van der Waals surface area contributed by atoms with E-state index in [-0.39, 0.29) is 0 Å². The molecule has 0 radical (unpaired) electrons. The van der Waals surface area contributed by atoms with Gasteiger partial charge in [0.2, 0.25) is 0 Å². The van der Waals surface area contributed by atoms with Gasteiger partial charge in [-0.05, 0) is 31.5 Å². The number of aryl methyl sites for hydroxylation is 2. The minimum atomic E-state index is -0.568. The van der Waals surface area contributed by atoms with Crippen LogP contribution in [-0.2, 0) is 6.42 Å². The Morgan fingerprint density at radius 3 is 2.72 bits per heavy atom. The zero-order valence-corrected chi connectivity index (χ0v) is 13.2. The number of aromatic nitrogens is 1. The van der Waals surface area contributed by atoms with Gasteiger partial charge in [0.25, 0.3) is 0 Å². The molecule has 0 fully saturated rings. The highest BCUT2D eigenvalue weighted by Crippen LogP contribution is 2.30. The molecule has 0 bridgehead atoms. The second-order valence-electron chi connectivity index (χ2n) is 4.13. The summed E-state index contributed by atoms with van der Waals surface area (Å²) in [4.78, 5) is 5.64. The summed E-state index contributed by atoms with van der Waals surface area (Å²) in [6.07, 6.45) is -0.0406. The number of benzene rings is 1. The van der Waals surface area contributed by atoms with Gasteiger partial charge < -0.3 is 5.11 Å². The molecule has 2 rings (SSSR count). The minimum absolute atomic E-state index is 0.527. The number of halogens is 2. The lowest BCUT2D eigenvalue weighted by atomic mass is 10.1. The zero-order valence-electron chi connectivity index (χ0n) is 10.1. The molecule has 0 aliphatic rings. The average Bonchev–Trinajstić information content (AvgIpc) is 2.57. The summed E-state index contributed by atoms with van der Waals surface area (Å²) in [6, 6.07) is 5.41. The molecule has 2 aromatic rings. The van der Waals surface area contributed by atoms with Crippen molar-refractivity contribution in [2.24, 2.45) is 0 Å². The van der Waals surface area contributed by atoms with E-state index in [4.69, 9.17) is 11.6 Å². The third-order valence-corrected chi connectivity index (χ3v) is 4.78. The standard InChI is InChI=1S/C13H13BrClNOS/c1-7-8(2)18-13(16-7)6-12(17)10-4-3-9(15)5-11(10)14/h3-5,12,17H,6H2,1-2H3. The van der Waals surface area contributed by atoms with Crippen molar-refractivity contribution in [2.45, 2.75) is 26.4 Å². The van der Waals surface area contributed by atoms with Crippen molar-refractivity contribution < 1.29 is 5.11 Å². The van der Waals surface area contributed by atoms with Gasteiger partial charge >= 0.3 is 0 Å². The van der Waals surface area contributed by atoms with Crippen molar-refractivity contribution in [3.63, 3.8) is 0 Å². The van der Waals surface area contributed by atoms with E-state index in [0.29, 0.717) is 11.4 Å². The van der Waals surface area contributed by atoms with E-state index in [1.165, 1.54) is 4.88 Å². The van der Waals surface area contributed by atoms with Gasteiger partial charge in [0.05, 0.1) is 16.8 Å². The SMILES string of the molecule is Cc1nc(CC(O)c2ccc(Cl)cc2Br)sc1C. The lowest BCUT2D eigenvalue weighted by Gasteiger charge is -2.11. The fourth-order valence-electron chi connectivity index (χ4n) is 1.67. The Kier molecular flexibility index (Phi) is 4.43. The van der Waals surface area contributed by atoms with Crippen molar-refractivity contribution in [1.82, 2.24) is 4.98 Å². The van der Waals surface area contributed by atoms with Gasteiger partial charge in [0.1, 0.15) is 0 Å². The molecule has 1 N–H and O–H groups in total. The molecule has 96 valence electrons. The van der Waals surface area contributed by atoms with E-state index in [2.05, 4.69) is 20.9 Å². The molecule has 1 aromatic carbocycles. The fraction of sp³-hybridized carbons (Fsp3) is 0.308. The molecule has 0 aliphatic heterocycles. The van der Waals surface area contributed by atoms with E-state index < -0.39 is 6.10 Å². The van der Waals surface area contributed by atoms with Crippen LogP contribution in [0.5, 0.6) is 0 Å². The minimum Gasteiger partial charge on any atom is -0.388 e. The topological polar surface area (TPSA) is 33.1 Å². The van der Waals surface area contributed by atoms with Crippen molar-refractivity contribution in [3.8, 4) is 0 Å². The predicted octanol–water partition coefficient (Wildman–Crippen LogP) is 4.45. The number of hydrogen-bond acceptors (Lipinski definition) is 3. The summed E-state index contributed by atoms with van der Waals surface area (Å²) in [5.74, 6) is 0. The monoisotopic (exact) mass is 345 g/mol. The normalized spacial score (nSPS) is 12.7. The summed E-state index contributed by atoms with van der Waals surface area (Å²) in [5.41, 5.74) is 1.88. The molecule has 2 nitrogen and oxygen atoms in total. The van der Waals surface area contributed by atoms with Gasteiger partial charge in [-0.25, -0.2) is 4.98 Å². The summed E-state index contributed by atoms with van der Waals surface area (Å²) < 4.78 is 0.826. The summed E-state index contributed by atoms with van der Waals surface area (Å²) >= 11 is 10.9. The van der Waals surface area contributed by atoms with Crippen LogP contribution in [0.25, 0.3) is 0 Å². The van der Waals surface area contributed by atoms with Crippen LogP contribution < -0.4 is 0 Å². The first-order valence-electron chi connectivity index (χ1n) is 5.53. The zero-order chi connectivity index (χ0) is 13.3. The van der Waals surface area contributed by atoms with Gasteiger partial charge in [-0.15, -0.1) is 11.3 Å². The molecule has 1 unspecified atom stereocenters. The second kappa shape index (κ2) is 5.70. The Morgan fingerprint density at radius 2 is 2.17 bits per heavy atom. The third kappa shape index (κ3) is 3.12. The molecular weight excluding hydrogens is 334 g/mol. The first-order chi connectivity index (χ1) is 8.47. The van der Waals surface area contributed by atoms with Crippen molar-refractivity contribution in [1.29, 1.82) is 0 Å². The van der Waals surface area contributed by atoms with Gasteiger partial charge in [0.15, 0.2) is 0 Å². The molecule has 0 saturated heterocycles. The molecule has 5 heteroatoms. The van der Waals surface area contributed by atoms with Crippen molar-refractivity contribution >= 4 is 38.9 Å². The quantitative estimate of drug-likeness (QED) is 0.890. The maximum absolute atomic E-state index is 10.2. The van der Waals surface area contributed by atoms with E-state index in [9.17, 15) is 5.11 Å². The number of thiazole rings is 1.